The highest BCUT2D eigenvalue weighted by Crippen LogP contribution is 2.24. The zero-order chi connectivity index (χ0) is 27.2. The normalized spacial score (nSPS) is 20.3. The molecule has 3 amide bonds. The molecule has 0 unspecified atom stereocenters. The van der Waals surface area contributed by atoms with E-state index >= 15 is 0 Å². The van der Waals surface area contributed by atoms with Gasteiger partial charge in [-0.1, -0.05) is 19.1 Å². The first-order valence-corrected chi connectivity index (χ1v) is 13.5. The van der Waals surface area contributed by atoms with Crippen LogP contribution < -0.4 is 22.5 Å². The molecule has 4 rings (SSSR count). The number of nitrogens with two attached hydrogens (primary N) is 2. The Hall–Kier alpha value is -2.99. The van der Waals surface area contributed by atoms with Gasteiger partial charge in [-0.15, -0.1) is 12.4 Å². The summed E-state index contributed by atoms with van der Waals surface area (Å²) in [6.07, 6.45) is 6.06. The number of halogens is 1. The molecule has 1 atom stereocenters. The highest BCUT2D eigenvalue weighted by molar-refractivity contribution is 5.88. The van der Waals surface area contributed by atoms with E-state index in [9.17, 15) is 14.4 Å². The molecule has 12 heteroatoms. The van der Waals surface area contributed by atoms with E-state index < -0.39 is 11.7 Å². The molecule has 0 bridgehead atoms. The quantitative estimate of drug-likeness (QED) is 0.468. The smallest absolute Gasteiger partial charge is 0.338 e. The van der Waals surface area contributed by atoms with Gasteiger partial charge in [0.15, 0.2) is 0 Å². The molecule has 2 aliphatic rings. The first-order valence-electron chi connectivity index (χ1n) is 13.5. The molecule has 1 saturated heterocycles. The summed E-state index contributed by atoms with van der Waals surface area (Å²) in [7, 11) is 0. The van der Waals surface area contributed by atoms with Crippen LogP contribution in [0.1, 0.15) is 45.1 Å². The van der Waals surface area contributed by atoms with Gasteiger partial charge >= 0.3 is 11.7 Å². The second-order valence-electron chi connectivity index (χ2n) is 10.3. The summed E-state index contributed by atoms with van der Waals surface area (Å²) in [4.78, 5) is 47.2. The molecular formula is C27H41ClN8O3. The second kappa shape index (κ2) is 13.9. The van der Waals surface area contributed by atoms with E-state index in [1.54, 1.807) is 29.0 Å². The van der Waals surface area contributed by atoms with Gasteiger partial charge in [0.25, 0.3) is 0 Å². The molecule has 1 aromatic heterocycles. The number of benzene rings is 1. The molecule has 2 aromatic rings. The van der Waals surface area contributed by atoms with Crippen LogP contribution >= 0.6 is 12.4 Å². The monoisotopic (exact) mass is 560 g/mol. The Morgan fingerprint density at radius 3 is 2.23 bits per heavy atom. The van der Waals surface area contributed by atoms with Crippen molar-refractivity contribution < 1.29 is 9.59 Å². The third-order valence-corrected chi connectivity index (χ3v) is 7.57. The molecule has 1 saturated carbocycles. The van der Waals surface area contributed by atoms with E-state index in [1.165, 1.54) is 10.1 Å². The Labute approximate surface area is 235 Å². The number of carbonyl (C=O) groups is 2. The first-order chi connectivity index (χ1) is 18.2. The van der Waals surface area contributed by atoms with Crippen LogP contribution in [0.5, 0.6) is 0 Å². The summed E-state index contributed by atoms with van der Waals surface area (Å²) in [6, 6.07) is 9.53. The van der Waals surface area contributed by atoms with Crippen molar-refractivity contribution in [2.75, 3.05) is 38.0 Å². The van der Waals surface area contributed by atoms with Crippen LogP contribution in [0.2, 0.25) is 0 Å². The summed E-state index contributed by atoms with van der Waals surface area (Å²) in [6.45, 7) is 7.31. The number of nitrogens with zero attached hydrogens (tertiary/aromatic N) is 5. The van der Waals surface area contributed by atoms with Crippen LogP contribution in [-0.2, 0) is 11.3 Å². The van der Waals surface area contributed by atoms with Crippen molar-refractivity contribution in [3.8, 4) is 5.69 Å². The molecule has 5 N–H and O–H groups in total. The Morgan fingerprint density at radius 1 is 1.05 bits per heavy atom. The van der Waals surface area contributed by atoms with Gasteiger partial charge in [-0.05, 0) is 62.9 Å². The van der Waals surface area contributed by atoms with E-state index in [-0.39, 0.29) is 30.2 Å². The van der Waals surface area contributed by atoms with Gasteiger partial charge in [0.2, 0.25) is 5.91 Å². The molecular weight excluding hydrogens is 520 g/mol. The molecule has 214 valence electrons. The Balaban J connectivity index is 0.00000420. The zero-order valence-corrected chi connectivity index (χ0v) is 23.6. The van der Waals surface area contributed by atoms with Crippen LogP contribution in [0.25, 0.3) is 5.69 Å². The number of hydrogen-bond acceptors (Lipinski definition) is 7. The van der Waals surface area contributed by atoms with Gasteiger partial charge < -0.3 is 21.3 Å². The molecule has 2 heterocycles. The van der Waals surface area contributed by atoms with Crippen LogP contribution in [0.4, 0.5) is 10.6 Å². The first kappa shape index (κ1) is 30.6. The maximum absolute atomic E-state index is 12.7. The van der Waals surface area contributed by atoms with Crippen LogP contribution in [0.15, 0.2) is 41.3 Å². The minimum atomic E-state index is -0.560. The van der Waals surface area contributed by atoms with Crippen LogP contribution in [0, 0.1) is 0 Å². The minimum Gasteiger partial charge on any atom is -0.338 e. The number of anilines is 1. The third-order valence-electron chi connectivity index (χ3n) is 7.57. The summed E-state index contributed by atoms with van der Waals surface area (Å²) >= 11 is 0. The van der Waals surface area contributed by atoms with E-state index in [2.05, 4.69) is 22.1 Å². The maximum atomic E-state index is 12.7. The molecule has 2 fully saturated rings. The SMILES string of the molecule is CCN(Cc1ccc(-n2ccc(NC(=O)N3CCN(C(=O)[C@@H](C)N)CC3)nc2=O)cc1)C1CCC(N)CC1.Cl. The van der Waals surface area contributed by atoms with Crippen molar-refractivity contribution in [2.45, 2.75) is 64.2 Å². The van der Waals surface area contributed by atoms with Crippen molar-refractivity contribution in [3.63, 3.8) is 0 Å². The largest absolute Gasteiger partial charge is 0.354 e. The third kappa shape index (κ3) is 7.78. The van der Waals surface area contributed by atoms with Gasteiger partial charge in [0, 0.05) is 51.0 Å². The van der Waals surface area contributed by atoms with Gasteiger partial charge in [0.05, 0.1) is 11.7 Å². The van der Waals surface area contributed by atoms with Gasteiger partial charge in [-0.2, -0.15) is 4.98 Å². The number of rotatable bonds is 7. The topological polar surface area (TPSA) is 143 Å². The lowest BCUT2D eigenvalue weighted by atomic mass is 9.90. The second-order valence-corrected chi connectivity index (χ2v) is 10.3. The Morgan fingerprint density at radius 2 is 1.67 bits per heavy atom. The predicted molar refractivity (Wildman–Crippen MR) is 154 cm³/mol. The highest BCUT2D eigenvalue weighted by atomic mass is 35.5. The summed E-state index contributed by atoms with van der Waals surface area (Å²) < 4.78 is 1.46. The molecule has 0 spiro atoms. The number of urea groups is 1. The molecule has 1 aliphatic heterocycles. The van der Waals surface area contributed by atoms with Crippen molar-refractivity contribution in [3.05, 3.63) is 52.6 Å². The summed E-state index contributed by atoms with van der Waals surface area (Å²) in [5, 5.41) is 2.69. The van der Waals surface area contributed by atoms with Gasteiger partial charge in [-0.25, -0.2) is 9.59 Å². The highest BCUT2D eigenvalue weighted by Gasteiger charge is 2.26. The average molecular weight is 561 g/mol. The average Bonchev–Trinajstić information content (AvgIpc) is 2.92. The fourth-order valence-corrected chi connectivity index (χ4v) is 5.24. The molecule has 39 heavy (non-hydrogen) atoms. The lowest BCUT2D eigenvalue weighted by Crippen LogP contribution is -2.54. The number of amides is 3. The summed E-state index contributed by atoms with van der Waals surface area (Å²) in [5.74, 6) is 0.0632. The Bertz CT molecular complexity index is 1160. The number of nitrogens with one attached hydrogen (secondary N) is 1. The number of carbonyl (C=O) groups excluding carboxylic acids is 2. The fraction of sp³-hybridized carbons (Fsp3) is 0.556. The van der Waals surface area contributed by atoms with Gasteiger partial charge in [-0.3, -0.25) is 19.6 Å². The fourth-order valence-electron chi connectivity index (χ4n) is 5.24. The van der Waals surface area contributed by atoms with Crippen LogP contribution in [-0.4, -0.2) is 87.0 Å². The standard InChI is InChI=1S/C27H40N8O3.ClH/c1-3-32(22-10-6-21(29)7-11-22)18-20-4-8-23(9-5-20)35-13-12-24(31-27(35)38)30-26(37)34-16-14-33(15-17-34)25(36)19(2)28;/h4-5,8-9,12-13,19,21-22H,3,6-7,10-11,14-18,28-29H2,1-2H3,(H,30,31,37,38);1H/t19-,21?,22?;/m1./s1. The lowest BCUT2D eigenvalue weighted by molar-refractivity contribution is -0.133. The number of hydrogen-bond donors (Lipinski definition) is 3. The Kier molecular flexibility index (Phi) is 10.9. The van der Waals surface area contributed by atoms with Crippen molar-refractivity contribution in [2.24, 2.45) is 11.5 Å². The molecule has 1 aliphatic carbocycles. The van der Waals surface area contributed by atoms with E-state index in [4.69, 9.17) is 11.5 Å². The zero-order valence-electron chi connectivity index (χ0n) is 22.8. The lowest BCUT2D eigenvalue weighted by Gasteiger charge is -2.35. The molecule has 1 aromatic carbocycles. The van der Waals surface area contributed by atoms with Crippen molar-refractivity contribution in [1.82, 2.24) is 24.3 Å². The number of aromatic nitrogens is 2. The number of piperazine rings is 1. The van der Waals surface area contributed by atoms with Crippen molar-refractivity contribution >= 4 is 30.2 Å². The molecule has 11 nitrogen and oxygen atoms in total. The van der Waals surface area contributed by atoms with Gasteiger partial charge in [0.1, 0.15) is 5.82 Å². The van der Waals surface area contributed by atoms with Crippen LogP contribution in [0.3, 0.4) is 0 Å². The molecule has 0 radical (unpaired) electrons. The van der Waals surface area contributed by atoms with E-state index in [0.717, 1.165) is 38.8 Å². The van der Waals surface area contributed by atoms with Crippen molar-refractivity contribution in [1.29, 1.82) is 0 Å². The van der Waals surface area contributed by atoms with E-state index in [1.807, 2.05) is 24.3 Å². The minimum absolute atomic E-state index is 0. The predicted octanol–water partition coefficient (Wildman–Crippen LogP) is 1.77. The van der Waals surface area contributed by atoms with E-state index in [0.29, 0.717) is 44.0 Å². The maximum Gasteiger partial charge on any atom is 0.354 e. The summed E-state index contributed by atoms with van der Waals surface area (Å²) in [5.41, 5.74) is 13.2.